The summed E-state index contributed by atoms with van der Waals surface area (Å²) in [5, 5.41) is 3.20. The Morgan fingerprint density at radius 1 is 1.19 bits per heavy atom. The van der Waals surface area contributed by atoms with Gasteiger partial charge in [0.05, 0.1) is 17.6 Å². The van der Waals surface area contributed by atoms with Gasteiger partial charge in [0.1, 0.15) is 0 Å². The number of rotatable bonds is 10. The maximum absolute atomic E-state index is 12.2. The quantitative estimate of drug-likeness (QED) is 0.683. The van der Waals surface area contributed by atoms with E-state index < -0.39 is 10.0 Å². The number of hydrogen-bond acceptors (Lipinski definition) is 5. The van der Waals surface area contributed by atoms with Crippen LogP contribution in [0.25, 0.3) is 0 Å². The number of methoxy groups -OCH3 is 2. The van der Waals surface area contributed by atoms with Crippen LogP contribution in [0.2, 0.25) is 0 Å². The van der Waals surface area contributed by atoms with Gasteiger partial charge in [0.15, 0.2) is 0 Å². The van der Waals surface area contributed by atoms with E-state index in [1.54, 1.807) is 31.4 Å². The first-order valence-corrected chi connectivity index (χ1v) is 8.37. The minimum Gasteiger partial charge on any atom is -0.385 e. The first-order valence-electron chi connectivity index (χ1n) is 6.88. The predicted molar refractivity (Wildman–Crippen MR) is 83.1 cm³/mol. The van der Waals surface area contributed by atoms with Crippen LogP contribution in [-0.2, 0) is 19.5 Å². The zero-order chi connectivity index (χ0) is 15.7. The van der Waals surface area contributed by atoms with Gasteiger partial charge in [-0.3, -0.25) is 0 Å². The fourth-order valence-corrected chi connectivity index (χ4v) is 2.77. The Kier molecular flexibility index (Phi) is 7.66. The van der Waals surface area contributed by atoms with E-state index in [0.29, 0.717) is 6.61 Å². The molecular formula is C14H24N2O4S. The van der Waals surface area contributed by atoms with Crippen molar-refractivity contribution < 1.29 is 17.9 Å². The van der Waals surface area contributed by atoms with E-state index in [0.717, 1.165) is 18.7 Å². The summed E-state index contributed by atoms with van der Waals surface area (Å²) in [7, 11) is -0.470. The average Bonchev–Trinajstić information content (AvgIpc) is 2.49. The molecule has 7 heteroatoms. The fourth-order valence-electron chi connectivity index (χ4n) is 1.70. The maximum Gasteiger partial charge on any atom is 0.240 e. The average molecular weight is 316 g/mol. The lowest BCUT2D eigenvalue weighted by molar-refractivity contribution is 0.0320. The SMILES string of the molecule is CCCNc1ccc(S(=O)(=O)NCC(COC)OC)cc1. The Morgan fingerprint density at radius 2 is 1.86 bits per heavy atom. The zero-order valence-electron chi connectivity index (χ0n) is 12.8. The largest absolute Gasteiger partial charge is 0.385 e. The van der Waals surface area contributed by atoms with Gasteiger partial charge in [-0.2, -0.15) is 0 Å². The van der Waals surface area contributed by atoms with Crippen LogP contribution in [0.4, 0.5) is 5.69 Å². The second-order valence-corrected chi connectivity index (χ2v) is 6.38. The molecule has 0 radical (unpaired) electrons. The third-order valence-corrected chi connectivity index (χ3v) is 4.37. The molecule has 0 spiro atoms. The van der Waals surface area contributed by atoms with Crippen molar-refractivity contribution in [2.24, 2.45) is 0 Å². The molecule has 0 aromatic heterocycles. The summed E-state index contributed by atoms with van der Waals surface area (Å²) in [6.45, 7) is 3.43. The summed E-state index contributed by atoms with van der Waals surface area (Å²) in [4.78, 5) is 0.233. The molecule has 0 aliphatic heterocycles. The Morgan fingerprint density at radius 3 is 2.38 bits per heavy atom. The molecule has 1 atom stereocenters. The van der Waals surface area contributed by atoms with Gasteiger partial charge in [0.2, 0.25) is 10.0 Å². The Balaban J connectivity index is 2.65. The fraction of sp³-hybridized carbons (Fsp3) is 0.571. The van der Waals surface area contributed by atoms with Crippen LogP contribution >= 0.6 is 0 Å². The van der Waals surface area contributed by atoms with E-state index in [9.17, 15) is 8.42 Å². The van der Waals surface area contributed by atoms with Crippen molar-refractivity contribution in [1.82, 2.24) is 4.72 Å². The first kappa shape index (κ1) is 17.9. The normalized spacial score (nSPS) is 13.1. The lowest BCUT2D eigenvalue weighted by Crippen LogP contribution is -2.35. The minimum absolute atomic E-state index is 0.169. The standard InChI is InChI=1S/C14H24N2O4S/c1-4-9-15-12-5-7-14(8-6-12)21(17,18)16-10-13(20-3)11-19-2/h5-8,13,15-16H,4,9-11H2,1-3H3. The molecule has 0 saturated heterocycles. The van der Waals surface area contributed by atoms with Crippen LogP contribution in [0.3, 0.4) is 0 Å². The molecule has 0 aliphatic rings. The van der Waals surface area contributed by atoms with Crippen molar-refractivity contribution in [2.75, 3.05) is 39.2 Å². The second kappa shape index (κ2) is 8.99. The molecule has 0 aliphatic carbocycles. The molecule has 0 bridgehead atoms. The van der Waals surface area contributed by atoms with E-state index >= 15 is 0 Å². The third-order valence-electron chi connectivity index (χ3n) is 2.93. The molecule has 21 heavy (non-hydrogen) atoms. The number of sulfonamides is 1. The van der Waals surface area contributed by atoms with Crippen molar-refractivity contribution in [3.63, 3.8) is 0 Å². The molecule has 2 N–H and O–H groups in total. The van der Waals surface area contributed by atoms with Crippen LogP contribution in [0.5, 0.6) is 0 Å². The van der Waals surface area contributed by atoms with Gasteiger partial charge in [0.25, 0.3) is 0 Å². The topological polar surface area (TPSA) is 76.7 Å². The third kappa shape index (κ3) is 6.01. The smallest absolute Gasteiger partial charge is 0.240 e. The summed E-state index contributed by atoms with van der Waals surface area (Å²) in [5.41, 5.74) is 0.907. The second-order valence-electron chi connectivity index (χ2n) is 4.62. The van der Waals surface area contributed by atoms with Crippen molar-refractivity contribution in [2.45, 2.75) is 24.3 Å². The maximum atomic E-state index is 12.2. The summed E-state index contributed by atoms with van der Waals surface area (Å²) < 4.78 is 36.9. The van der Waals surface area contributed by atoms with Crippen LogP contribution in [0.1, 0.15) is 13.3 Å². The number of nitrogens with one attached hydrogen (secondary N) is 2. The number of benzene rings is 1. The van der Waals surface area contributed by atoms with E-state index in [4.69, 9.17) is 9.47 Å². The molecule has 0 fully saturated rings. The van der Waals surface area contributed by atoms with Crippen LogP contribution < -0.4 is 10.0 Å². The summed E-state index contributed by atoms with van der Waals surface area (Å²) in [6.07, 6.45) is 0.703. The van der Waals surface area contributed by atoms with Crippen molar-refractivity contribution in [3.8, 4) is 0 Å². The van der Waals surface area contributed by atoms with Crippen molar-refractivity contribution >= 4 is 15.7 Å². The molecule has 0 heterocycles. The first-order chi connectivity index (χ1) is 10.0. The Labute approximate surface area is 126 Å². The minimum atomic E-state index is -3.53. The highest BCUT2D eigenvalue weighted by Crippen LogP contribution is 2.14. The highest BCUT2D eigenvalue weighted by atomic mass is 32.2. The highest BCUT2D eigenvalue weighted by Gasteiger charge is 2.16. The van der Waals surface area contributed by atoms with Gasteiger partial charge < -0.3 is 14.8 Å². The van der Waals surface area contributed by atoms with E-state index in [-0.39, 0.29) is 17.5 Å². The van der Waals surface area contributed by atoms with Crippen molar-refractivity contribution in [1.29, 1.82) is 0 Å². The molecule has 1 aromatic rings. The highest BCUT2D eigenvalue weighted by molar-refractivity contribution is 7.89. The van der Waals surface area contributed by atoms with Gasteiger partial charge in [-0.15, -0.1) is 0 Å². The molecule has 1 aromatic carbocycles. The molecule has 0 amide bonds. The zero-order valence-corrected chi connectivity index (χ0v) is 13.6. The Hall–Kier alpha value is -1.15. The van der Waals surface area contributed by atoms with Gasteiger partial charge in [-0.05, 0) is 30.7 Å². The number of ether oxygens (including phenoxy) is 2. The van der Waals surface area contributed by atoms with E-state index in [1.807, 2.05) is 0 Å². The molecule has 1 unspecified atom stereocenters. The number of anilines is 1. The van der Waals surface area contributed by atoms with Gasteiger partial charge in [0, 0.05) is 33.0 Å². The van der Waals surface area contributed by atoms with Crippen LogP contribution in [0, 0.1) is 0 Å². The Bertz CT molecular complexity index is 502. The monoisotopic (exact) mass is 316 g/mol. The number of hydrogen-bond donors (Lipinski definition) is 2. The molecule has 6 nitrogen and oxygen atoms in total. The molecule has 120 valence electrons. The molecule has 0 saturated carbocycles. The van der Waals surface area contributed by atoms with Crippen molar-refractivity contribution in [3.05, 3.63) is 24.3 Å². The summed E-state index contributed by atoms with van der Waals surface area (Å²) >= 11 is 0. The van der Waals surface area contributed by atoms with Crippen LogP contribution in [0.15, 0.2) is 29.2 Å². The van der Waals surface area contributed by atoms with Gasteiger partial charge >= 0.3 is 0 Å². The van der Waals surface area contributed by atoms with Gasteiger partial charge in [-0.1, -0.05) is 6.92 Å². The summed E-state index contributed by atoms with van der Waals surface area (Å²) in [5.74, 6) is 0. The lowest BCUT2D eigenvalue weighted by atomic mass is 10.3. The summed E-state index contributed by atoms with van der Waals surface area (Å²) in [6, 6.07) is 6.68. The molecular weight excluding hydrogens is 292 g/mol. The van der Waals surface area contributed by atoms with Crippen LogP contribution in [-0.4, -0.2) is 48.4 Å². The van der Waals surface area contributed by atoms with E-state index in [2.05, 4.69) is 17.0 Å². The van der Waals surface area contributed by atoms with Gasteiger partial charge in [-0.25, -0.2) is 13.1 Å². The molecule has 1 rings (SSSR count). The predicted octanol–water partition coefficient (Wildman–Crippen LogP) is 1.45. The van der Waals surface area contributed by atoms with E-state index in [1.165, 1.54) is 7.11 Å². The lowest BCUT2D eigenvalue weighted by Gasteiger charge is -2.15.